The van der Waals surface area contributed by atoms with Crippen LogP contribution in [0, 0.1) is 11.8 Å². The van der Waals surface area contributed by atoms with Gasteiger partial charge in [0.15, 0.2) is 0 Å². The Balaban J connectivity index is 1.56. The summed E-state index contributed by atoms with van der Waals surface area (Å²) in [7, 11) is 0. The van der Waals surface area contributed by atoms with Gasteiger partial charge in [-0.1, -0.05) is 44.2 Å². The molecule has 2 heterocycles. The smallest absolute Gasteiger partial charge is 0.228 e. The number of likely N-dealkylation sites (tertiary alicyclic amines) is 1. The molecule has 1 unspecified atom stereocenters. The van der Waals surface area contributed by atoms with Crippen LogP contribution in [0.4, 0.5) is 0 Å². The molecule has 0 spiro atoms. The average Bonchev–Trinajstić information content (AvgIpc) is 2.87. The lowest BCUT2D eigenvalue weighted by Crippen LogP contribution is -2.41. The van der Waals surface area contributed by atoms with Crippen LogP contribution in [0.1, 0.15) is 32.3 Å². The molecule has 2 saturated heterocycles. The predicted molar refractivity (Wildman–Crippen MR) is 103 cm³/mol. The summed E-state index contributed by atoms with van der Waals surface area (Å²) in [5.41, 5.74) is 1.08. The summed E-state index contributed by atoms with van der Waals surface area (Å²) in [6, 6.07) is 9.86. The minimum Gasteiger partial charge on any atom is -0.341 e. The van der Waals surface area contributed by atoms with Crippen LogP contribution in [0.25, 0.3) is 0 Å². The molecule has 0 N–H and O–H groups in total. The van der Waals surface area contributed by atoms with Gasteiger partial charge in [-0.2, -0.15) is 0 Å². The standard InChI is InChI=1S/C21H29N3O3/c1-16(2)20(26)22-9-6-10-23(12-11-22)21(27)18-13-19(25)24(15-18)14-17-7-4-3-5-8-17/h3-5,7-8,16,18H,6,9-15H2,1-2H3. The van der Waals surface area contributed by atoms with Crippen molar-refractivity contribution in [3.05, 3.63) is 35.9 Å². The number of hydrogen-bond acceptors (Lipinski definition) is 3. The van der Waals surface area contributed by atoms with E-state index >= 15 is 0 Å². The Morgan fingerprint density at radius 2 is 1.70 bits per heavy atom. The fourth-order valence-corrected chi connectivity index (χ4v) is 3.88. The summed E-state index contributed by atoms with van der Waals surface area (Å²) in [4.78, 5) is 43.0. The summed E-state index contributed by atoms with van der Waals surface area (Å²) in [5.74, 6) is -0.0458. The van der Waals surface area contributed by atoms with Crippen LogP contribution in [0.3, 0.4) is 0 Å². The molecule has 3 amide bonds. The minimum atomic E-state index is -0.270. The largest absolute Gasteiger partial charge is 0.341 e. The minimum absolute atomic E-state index is 0.0220. The summed E-state index contributed by atoms with van der Waals surface area (Å²) >= 11 is 0. The molecule has 2 fully saturated rings. The monoisotopic (exact) mass is 371 g/mol. The third-order valence-electron chi connectivity index (χ3n) is 5.39. The number of carbonyl (C=O) groups is 3. The molecule has 1 aromatic carbocycles. The molecule has 2 aliphatic rings. The summed E-state index contributed by atoms with van der Waals surface area (Å²) in [5, 5.41) is 0. The molecule has 0 aliphatic carbocycles. The van der Waals surface area contributed by atoms with Crippen LogP contribution in [-0.4, -0.2) is 65.1 Å². The Bertz CT molecular complexity index is 689. The molecule has 1 atom stereocenters. The first-order valence-corrected chi connectivity index (χ1v) is 9.85. The quantitative estimate of drug-likeness (QED) is 0.810. The zero-order valence-corrected chi connectivity index (χ0v) is 16.3. The van der Waals surface area contributed by atoms with E-state index in [-0.39, 0.29) is 36.0 Å². The van der Waals surface area contributed by atoms with Gasteiger partial charge < -0.3 is 14.7 Å². The van der Waals surface area contributed by atoms with Gasteiger partial charge in [0, 0.05) is 51.6 Å². The van der Waals surface area contributed by atoms with Crippen molar-refractivity contribution >= 4 is 17.7 Å². The lowest BCUT2D eigenvalue weighted by atomic mass is 10.1. The lowest BCUT2D eigenvalue weighted by Gasteiger charge is -2.25. The Morgan fingerprint density at radius 1 is 1.04 bits per heavy atom. The van der Waals surface area contributed by atoms with Crippen molar-refractivity contribution in [3.8, 4) is 0 Å². The summed E-state index contributed by atoms with van der Waals surface area (Å²) in [6.45, 7) is 7.34. The molecular formula is C21H29N3O3. The van der Waals surface area contributed by atoms with Crippen molar-refractivity contribution in [1.82, 2.24) is 14.7 Å². The number of amides is 3. The van der Waals surface area contributed by atoms with Gasteiger partial charge in [0.05, 0.1) is 5.92 Å². The maximum Gasteiger partial charge on any atom is 0.228 e. The van der Waals surface area contributed by atoms with Crippen LogP contribution >= 0.6 is 0 Å². The van der Waals surface area contributed by atoms with E-state index in [2.05, 4.69) is 0 Å². The number of benzene rings is 1. The first kappa shape index (κ1) is 19.4. The van der Waals surface area contributed by atoms with E-state index in [9.17, 15) is 14.4 Å². The van der Waals surface area contributed by atoms with Crippen molar-refractivity contribution in [3.63, 3.8) is 0 Å². The van der Waals surface area contributed by atoms with Crippen LogP contribution in [-0.2, 0) is 20.9 Å². The van der Waals surface area contributed by atoms with Gasteiger partial charge in [0.2, 0.25) is 17.7 Å². The zero-order valence-electron chi connectivity index (χ0n) is 16.3. The van der Waals surface area contributed by atoms with Crippen molar-refractivity contribution in [1.29, 1.82) is 0 Å². The lowest BCUT2D eigenvalue weighted by molar-refractivity contribution is -0.137. The fraction of sp³-hybridized carbons (Fsp3) is 0.571. The molecule has 6 nitrogen and oxygen atoms in total. The van der Waals surface area contributed by atoms with E-state index in [1.54, 1.807) is 4.90 Å². The van der Waals surface area contributed by atoms with Crippen molar-refractivity contribution in [2.75, 3.05) is 32.7 Å². The highest BCUT2D eigenvalue weighted by Gasteiger charge is 2.37. The summed E-state index contributed by atoms with van der Waals surface area (Å²) in [6.07, 6.45) is 1.08. The average molecular weight is 371 g/mol. The zero-order chi connectivity index (χ0) is 19.4. The van der Waals surface area contributed by atoms with E-state index in [0.29, 0.717) is 39.3 Å². The van der Waals surface area contributed by atoms with Crippen molar-refractivity contribution < 1.29 is 14.4 Å². The van der Waals surface area contributed by atoms with E-state index in [1.165, 1.54) is 0 Å². The molecule has 2 aliphatic heterocycles. The van der Waals surface area contributed by atoms with Gasteiger partial charge in [-0.05, 0) is 12.0 Å². The molecule has 0 aromatic heterocycles. The van der Waals surface area contributed by atoms with Crippen LogP contribution in [0.15, 0.2) is 30.3 Å². The normalized spacial score (nSPS) is 20.9. The van der Waals surface area contributed by atoms with Crippen LogP contribution in [0.5, 0.6) is 0 Å². The molecule has 6 heteroatoms. The highest BCUT2D eigenvalue weighted by molar-refractivity contribution is 5.89. The molecule has 3 rings (SSSR count). The predicted octanol–water partition coefficient (Wildman–Crippen LogP) is 1.75. The second-order valence-corrected chi connectivity index (χ2v) is 7.82. The van der Waals surface area contributed by atoms with Gasteiger partial charge in [-0.3, -0.25) is 14.4 Å². The Labute approximate surface area is 161 Å². The highest BCUT2D eigenvalue weighted by Crippen LogP contribution is 2.23. The maximum absolute atomic E-state index is 13.0. The first-order chi connectivity index (χ1) is 13.0. The number of carbonyl (C=O) groups excluding carboxylic acids is 3. The Kier molecular flexibility index (Phi) is 6.14. The second kappa shape index (κ2) is 8.55. The number of rotatable bonds is 4. The first-order valence-electron chi connectivity index (χ1n) is 9.85. The molecule has 0 radical (unpaired) electrons. The summed E-state index contributed by atoms with van der Waals surface area (Å²) < 4.78 is 0. The highest BCUT2D eigenvalue weighted by atomic mass is 16.2. The number of nitrogens with zero attached hydrogens (tertiary/aromatic N) is 3. The van der Waals surface area contributed by atoms with Gasteiger partial charge in [0.25, 0.3) is 0 Å². The SMILES string of the molecule is CC(C)C(=O)N1CCCN(C(=O)C2CC(=O)N(Cc3ccccc3)C2)CC1. The topological polar surface area (TPSA) is 60.9 Å². The third kappa shape index (κ3) is 4.67. The van der Waals surface area contributed by atoms with Crippen molar-refractivity contribution in [2.24, 2.45) is 11.8 Å². The van der Waals surface area contributed by atoms with Gasteiger partial charge >= 0.3 is 0 Å². The van der Waals surface area contributed by atoms with Gasteiger partial charge in [-0.25, -0.2) is 0 Å². The van der Waals surface area contributed by atoms with Gasteiger partial charge in [-0.15, -0.1) is 0 Å². The van der Waals surface area contributed by atoms with Crippen molar-refractivity contribution in [2.45, 2.75) is 33.2 Å². The maximum atomic E-state index is 13.0. The van der Waals surface area contributed by atoms with Crippen LogP contribution < -0.4 is 0 Å². The fourth-order valence-electron chi connectivity index (χ4n) is 3.88. The molecule has 1 aromatic rings. The molecule has 0 bridgehead atoms. The van der Waals surface area contributed by atoms with Gasteiger partial charge in [0.1, 0.15) is 0 Å². The van der Waals surface area contributed by atoms with E-state index in [4.69, 9.17) is 0 Å². The second-order valence-electron chi connectivity index (χ2n) is 7.82. The van der Waals surface area contributed by atoms with E-state index in [1.807, 2.05) is 54.0 Å². The molecule has 0 saturated carbocycles. The number of hydrogen-bond donors (Lipinski definition) is 0. The molecule has 146 valence electrons. The third-order valence-corrected chi connectivity index (χ3v) is 5.39. The molecule has 27 heavy (non-hydrogen) atoms. The van der Waals surface area contributed by atoms with E-state index < -0.39 is 0 Å². The molecular weight excluding hydrogens is 342 g/mol. The van der Waals surface area contributed by atoms with E-state index in [0.717, 1.165) is 12.0 Å². The Hall–Kier alpha value is -2.37. The van der Waals surface area contributed by atoms with Crippen LogP contribution in [0.2, 0.25) is 0 Å². The Morgan fingerprint density at radius 3 is 2.41 bits per heavy atom.